The molecule has 1 unspecified atom stereocenters. The molecular formula is C16H27Cl2N3O2. The van der Waals surface area contributed by atoms with Gasteiger partial charge in [0.05, 0.1) is 6.61 Å². The van der Waals surface area contributed by atoms with Crippen LogP contribution in [0.1, 0.15) is 28.8 Å². The molecule has 1 aliphatic rings. The van der Waals surface area contributed by atoms with E-state index in [1.54, 1.807) is 13.2 Å². The van der Waals surface area contributed by atoms with Gasteiger partial charge in [-0.2, -0.15) is 0 Å². The maximum Gasteiger partial charge on any atom is 0.251 e. The Kier molecular flexibility index (Phi) is 10.2. The summed E-state index contributed by atoms with van der Waals surface area (Å²) in [5.74, 6) is -0.0432. The topological polar surface area (TPSA) is 67.6 Å². The first-order valence-electron chi connectivity index (χ1n) is 7.49. The number of nitrogens with one attached hydrogen (secondary N) is 1. The number of carbonyl (C=O) groups excluding carboxylic acids is 1. The second-order valence-electron chi connectivity index (χ2n) is 5.61. The second kappa shape index (κ2) is 10.7. The molecule has 1 fully saturated rings. The van der Waals surface area contributed by atoms with E-state index in [4.69, 9.17) is 10.5 Å². The van der Waals surface area contributed by atoms with Gasteiger partial charge in [0.1, 0.15) is 0 Å². The minimum atomic E-state index is -0.0432. The van der Waals surface area contributed by atoms with E-state index in [1.165, 1.54) is 6.42 Å². The van der Waals surface area contributed by atoms with E-state index >= 15 is 0 Å². The molecule has 1 atom stereocenters. The molecule has 1 heterocycles. The third kappa shape index (κ3) is 6.18. The van der Waals surface area contributed by atoms with Crippen molar-refractivity contribution in [3.8, 4) is 0 Å². The summed E-state index contributed by atoms with van der Waals surface area (Å²) in [6.45, 7) is 5.35. The Morgan fingerprint density at radius 1 is 1.43 bits per heavy atom. The van der Waals surface area contributed by atoms with Crippen LogP contribution in [0.15, 0.2) is 18.2 Å². The molecule has 3 N–H and O–H groups in total. The summed E-state index contributed by atoms with van der Waals surface area (Å²) in [5.41, 5.74) is 7.99. The lowest BCUT2D eigenvalue weighted by Gasteiger charge is -2.24. The average Bonchev–Trinajstić information content (AvgIpc) is 2.92. The highest BCUT2D eigenvalue weighted by Gasteiger charge is 2.24. The van der Waals surface area contributed by atoms with Crippen LogP contribution in [-0.2, 0) is 4.74 Å². The molecule has 7 heteroatoms. The number of ether oxygens (including phenoxy) is 1. The lowest BCUT2D eigenvalue weighted by Crippen LogP contribution is -2.41. The van der Waals surface area contributed by atoms with Gasteiger partial charge in [-0.1, -0.05) is 6.07 Å². The first-order chi connectivity index (χ1) is 10.1. The van der Waals surface area contributed by atoms with Gasteiger partial charge < -0.3 is 15.8 Å². The minimum absolute atomic E-state index is 0. The number of likely N-dealkylation sites (tertiary alicyclic amines) is 1. The van der Waals surface area contributed by atoms with Gasteiger partial charge in [0.25, 0.3) is 5.91 Å². The highest BCUT2D eigenvalue weighted by molar-refractivity contribution is 5.96. The zero-order chi connectivity index (χ0) is 15.2. The number of nitrogen functional groups attached to an aromatic ring is 1. The number of methoxy groups -OCH3 is 1. The molecule has 0 aromatic heterocycles. The van der Waals surface area contributed by atoms with E-state index in [1.807, 2.05) is 19.1 Å². The third-order valence-corrected chi connectivity index (χ3v) is 4.09. The molecule has 0 radical (unpaired) electrons. The fourth-order valence-electron chi connectivity index (χ4n) is 2.82. The molecule has 5 nitrogen and oxygen atoms in total. The molecule has 1 aromatic rings. The average molecular weight is 364 g/mol. The van der Waals surface area contributed by atoms with Crippen molar-refractivity contribution in [2.75, 3.05) is 39.1 Å². The molecule has 0 bridgehead atoms. The van der Waals surface area contributed by atoms with E-state index in [-0.39, 0.29) is 30.7 Å². The van der Waals surface area contributed by atoms with Crippen molar-refractivity contribution in [1.29, 1.82) is 0 Å². The van der Waals surface area contributed by atoms with Crippen LogP contribution >= 0.6 is 24.8 Å². The number of hydrogen-bond acceptors (Lipinski definition) is 4. The van der Waals surface area contributed by atoms with Crippen LogP contribution in [0.4, 0.5) is 5.69 Å². The van der Waals surface area contributed by atoms with Gasteiger partial charge >= 0.3 is 0 Å². The maximum absolute atomic E-state index is 12.3. The summed E-state index contributed by atoms with van der Waals surface area (Å²) >= 11 is 0. The number of nitrogens with two attached hydrogens (primary N) is 1. The van der Waals surface area contributed by atoms with Gasteiger partial charge in [0, 0.05) is 37.5 Å². The van der Waals surface area contributed by atoms with Crippen molar-refractivity contribution >= 4 is 36.4 Å². The van der Waals surface area contributed by atoms with E-state index in [2.05, 4.69) is 10.2 Å². The maximum atomic E-state index is 12.3. The Hall–Kier alpha value is -1.01. The van der Waals surface area contributed by atoms with Crippen LogP contribution in [0.2, 0.25) is 0 Å². The first-order valence-corrected chi connectivity index (χ1v) is 7.49. The predicted octanol–water partition coefficient (Wildman–Crippen LogP) is 2.26. The van der Waals surface area contributed by atoms with Gasteiger partial charge in [0.15, 0.2) is 0 Å². The lowest BCUT2D eigenvalue weighted by atomic mass is 10.1. The zero-order valence-corrected chi connectivity index (χ0v) is 15.3. The number of rotatable bonds is 6. The largest absolute Gasteiger partial charge is 0.399 e. The molecule has 2 rings (SSSR count). The molecule has 132 valence electrons. The van der Waals surface area contributed by atoms with Gasteiger partial charge in [-0.15, -0.1) is 24.8 Å². The summed E-state index contributed by atoms with van der Waals surface area (Å²) < 4.78 is 5.13. The second-order valence-corrected chi connectivity index (χ2v) is 5.61. The molecule has 0 aliphatic carbocycles. The van der Waals surface area contributed by atoms with E-state index in [0.717, 1.165) is 31.7 Å². The molecule has 1 saturated heterocycles. The summed E-state index contributed by atoms with van der Waals surface area (Å²) in [6, 6.07) is 5.84. The number of nitrogens with zero attached hydrogens (tertiary/aromatic N) is 1. The zero-order valence-electron chi connectivity index (χ0n) is 13.7. The van der Waals surface area contributed by atoms with Crippen LogP contribution in [0, 0.1) is 6.92 Å². The standard InChI is InChI=1S/C16H25N3O2.2ClH/c1-12-5-6-13(17)10-15(12)16(20)18-11-14-4-3-7-19(14)8-9-21-2;;/h5-6,10,14H,3-4,7-9,11,17H2,1-2H3,(H,18,20);2*1H. The fourth-order valence-corrected chi connectivity index (χ4v) is 2.82. The van der Waals surface area contributed by atoms with Crippen LogP contribution in [-0.4, -0.2) is 50.2 Å². The summed E-state index contributed by atoms with van der Waals surface area (Å²) in [6.07, 6.45) is 2.31. The van der Waals surface area contributed by atoms with Gasteiger partial charge in [-0.3, -0.25) is 9.69 Å². The van der Waals surface area contributed by atoms with Crippen LogP contribution in [0.25, 0.3) is 0 Å². The van der Waals surface area contributed by atoms with Crippen molar-refractivity contribution in [1.82, 2.24) is 10.2 Å². The quantitative estimate of drug-likeness (QED) is 0.760. The lowest BCUT2D eigenvalue weighted by molar-refractivity contribution is 0.0932. The number of carbonyl (C=O) groups is 1. The van der Waals surface area contributed by atoms with E-state index in [0.29, 0.717) is 23.8 Å². The Bertz CT molecular complexity index is 500. The van der Waals surface area contributed by atoms with Crippen LogP contribution in [0.3, 0.4) is 0 Å². The molecule has 0 saturated carbocycles. The smallest absolute Gasteiger partial charge is 0.251 e. The number of benzene rings is 1. The number of amides is 1. The molecule has 1 aliphatic heterocycles. The number of hydrogen-bond donors (Lipinski definition) is 2. The van der Waals surface area contributed by atoms with E-state index in [9.17, 15) is 4.79 Å². The van der Waals surface area contributed by atoms with Crippen molar-refractivity contribution < 1.29 is 9.53 Å². The van der Waals surface area contributed by atoms with Gasteiger partial charge in [-0.05, 0) is 44.0 Å². The van der Waals surface area contributed by atoms with Crippen molar-refractivity contribution in [3.63, 3.8) is 0 Å². The molecule has 0 spiro atoms. The molecule has 23 heavy (non-hydrogen) atoms. The molecule has 1 aromatic carbocycles. The Balaban J connectivity index is 0.00000242. The van der Waals surface area contributed by atoms with Crippen molar-refractivity contribution in [2.45, 2.75) is 25.8 Å². The minimum Gasteiger partial charge on any atom is -0.399 e. The number of aryl methyl sites for hydroxylation is 1. The molecular weight excluding hydrogens is 337 g/mol. The molecule has 1 amide bonds. The highest BCUT2D eigenvalue weighted by Crippen LogP contribution is 2.17. The van der Waals surface area contributed by atoms with Crippen molar-refractivity contribution in [3.05, 3.63) is 29.3 Å². The highest BCUT2D eigenvalue weighted by atomic mass is 35.5. The Morgan fingerprint density at radius 2 is 2.17 bits per heavy atom. The fraction of sp³-hybridized carbons (Fsp3) is 0.562. The van der Waals surface area contributed by atoms with E-state index < -0.39 is 0 Å². The Labute approximate surface area is 150 Å². The van der Waals surface area contributed by atoms with Crippen LogP contribution < -0.4 is 11.1 Å². The predicted molar refractivity (Wildman–Crippen MR) is 98.9 cm³/mol. The summed E-state index contributed by atoms with van der Waals surface area (Å²) in [5, 5.41) is 3.04. The monoisotopic (exact) mass is 363 g/mol. The Morgan fingerprint density at radius 3 is 2.87 bits per heavy atom. The SMILES string of the molecule is COCCN1CCCC1CNC(=O)c1cc(N)ccc1C.Cl.Cl. The van der Waals surface area contributed by atoms with Crippen molar-refractivity contribution in [2.24, 2.45) is 0 Å². The third-order valence-electron chi connectivity index (χ3n) is 4.09. The van der Waals surface area contributed by atoms with Gasteiger partial charge in [0.2, 0.25) is 0 Å². The first kappa shape index (κ1) is 22.0. The normalized spacial score (nSPS) is 17.2. The number of anilines is 1. The summed E-state index contributed by atoms with van der Waals surface area (Å²) in [4.78, 5) is 14.7. The van der Waals surface area contributed by atoms with Gasteiger partial charge in [-0.25, -0.2) is 0 Å². The van der Waals surface area contributed by atoms with Crippen LogP contribution in [0.5, 0.6) is 0 Å². The summed E-state index contributed by atoms with van der Waals surface area (Å²) in [7, 11) is 1.72. The number of halogens is 2.